The lowest BCUT2D eigenvalue weighted by atomic mass is 10.0. The Kier molecular flexibility index (Phi) is 5.60. The molecule has 0 aromatic heterocycles. The van der Waals surface area contributed by atoms with Crippen LogP contribution in [0.15, 0.2) is 0 Å². The fourth-order valence-corrected chi connectivity index (χ4v) is 2.00. The average Bonchev–Trinajstić information content (AvgIpc) is 2.71. The third-order valence-corrected chi connectivity index (χ3v) is 3.96. The zero-order valence-electron chi connectivity index (χ0n) is 12.4. The van der Waals surface area contributed by atoms with Crippen LogP contribution in [0, 0.1) is 5.92 Å². The third-order valence-electron chi connectivity index (χ3n) is 3.96. The fraction of sp³-hybridized carbons (Fsp3) is 0.929. The number of carbonyl (C=O) groups is 1. The normalized spacial score (nSPS) is 26.1. The first-order valence-electron chi connectivity index (χ1n) is 7.02. The highest BCUT2D eigenvalue weighted by Gasteiger charge is 2.26. The van der Waals surface area contributed by atoms with Crippen LogP contribution in [0.25, 0.3) is 0 Å². The first-order chi connectivity index (χ1) is 8.35. The van der Waals surface area contributed by atoms with Gasteiger partial charge >= 0.3 is 0 Å². The summed E-state index contributed by atoms with van der Waals surface area (Å²) in [5, 5.41) is 6.37. The average molecular weight is 256 g/mol. The van der Waals surface area contributed by atoms with Crippen LogP contribution in [0.4, 0.5) is 0 Å². The van der Waals surface area contributed by atoms with Crippen molar-refractivity contribution in [3.05, 3.63) is 0 Å². The smallest absolute Gasteiger partial charge is 0.237 e. The SMILES string of the molecule is CCC(C)(C)NC(=O)C(C)NCC1CCOC1C. The first-order valence-corrected chi connectivity index (χ1v) is 7.02. The fourth-order valence-electron chi connectivity index (χ4n) is 2.00. The molecule has 1 heterocycles. The van der Waals surface area contributed by atoms with Gasteiger partial charge in [0, 0.05) is 18.7 Å². The van der Waals surface area contributed by atoms with Crippen LogP contribution in [-0.2, 0) is 9.53 Å². The molecule has 0 aromatic carbocycles. The van der Waals surface area contributed by atoms with E-state index in [2.05, 4.69) is 24.5 Å². The lowest BCUT2D eigenvalue weighted by molar-refractivity contribution is -0.124. The van der Waals surface area contributed by atoms with Gasteiger partial charge in [-0.25, -0.2) is 0 Å². The van der Waals surface area contributed by atoms with Crippen LogP contribution < -0.4 is 10.6 Å². The highest BCUT2D eigenvalue weighted by Crippen LogP contribution is 2.19. The van der Waals surface area contributed by atoms with E-state index in [0.29, 0.717) is 12.0 Å². The standard InChI is InChI=1S/C14H28N2O2/c1-6-14(4,5)16-13(17)10(2)15-9-12-7-8-18-11(12)3/h10-12,15H,6-9H2,1-5H3,(H,16,17). The molecule has 0 spiro atoms. The third kappa shape index (κ3) is 4.58. The minimum Gasteiger partial charge on any atom is -0.378 e. The molecule has 1 aliphatic heterocycles. The van der Waals surface area contributed by atoms with Gasteiger partial charge in [0.05, 0.1) is 12.1 Å². The molecule has 3 unspecified atom stereocenters. The molecule has 0 aliphatic carbocycles. The van der Waals surface area contributed by atoms with Gasteiger partial charge in [0.25, 0.3) is 0 Å². The Morgan fingerprint density at radius 2 is 2.17 bits per heavy atom. The summed E-state index contributed by atoms with van der Waals surface area (Å²) in [4.78, 5) is 12.0. The topological polar surface area (TPSA) is 50.4 Å². The molecular formula is C14H28N2O2. The highest BCUT2D eigenvalue weighted by atomic mass is 16.5. The van der Waals surface area contributed by atoms with Gasteiger partial charge in [0.15, 0.2) is 0 Å². The zero-order valence-corrected chi connectivity index (χ0v) is 12.4. The van der Waals surface area contributed by atoms with Gasteiger partial charge < -0.3 is 15.4 Å². The number of rotatable bonds is 6. The molecule has 0 saturated carbocycles. The number of hydrogen-bond donors (Lipinski definition) is 2. The molecule has 1 amide bonds. The maximum Gasteiger partial charge on any atom is 0.237 e. The minimum absolute atomic E-state index is 0.0772. The molecule has 4 nitrogen and oxygen atoms in total. The Bertz CT molecular complexity index is 279. The van der Waals surface area contributed by atoms with E-state index in [1.807, 2.05) is 20.8 Å². The van der Waals surface area contributed by atoms with E-state index in [0.717, 1.165) is 26.0 Å². The maximum atomic E-state index is 12.0. The van der Waals surface area contributed by atoms with Gasteiger partial charge in [-0.1, -0.05) is 6.92 Å². The van der Waals surface area contributed by atoms with Crippen LogP contribution in [0.2, 0.25) is 0 Å². The quantitative estimate of drug-likeness (QED) is 0.760. The van der Waals surface area contributed by atoms with E-state index in [-0.39, 0.29) is 17.5 Å². The van der Waals surface area contributed by atoms with Gasteiger partial charge in [-0.2, -0.15) is 0 Å². The first kappa shape index (κ1) is 15.4. The summed E-state index contributed by atoms with van der Waals surface area (Å²) in [7, 11) is 0. The predicted octanol–water partition coefficient (Wildman–Crippen LogP) is 1.69. The van der Waals surface area contributed by atoms with E-state index in [9.17, 15) is 4.79 Å². The molecular weight excluding hydrogens is 228 g/mol. The van der Waals surface area contributed by atoms with Gasteiger partial charge in [-0.3, -0.25) is 4.79 Å². The minimum atomic E-state index is -0.149. The molecule has 1 fully saturated rings. The lowest BCUT2D eigenvalue weighted by Crippen LogP contribution is -2.51. The van der Waals surface area contributed by atoms with Crippen molar-refractivity contribution in [2.75, 3.05) is 13.2 Å². The van der Waals surface area contributed by atoms with E-state index in [4.69, 9.17) is 4.74 Å². The van der Waals surface area contributed by atoms with Gasteiger partial charge in [-0.05, 0) is 46.5 Å². The monoisotopic (exact) mass is 256 g/mol. The molecule has 1 aliphatic rings. The molecule has 1 saturated heterocycles. The van der Waals surface area contributed by atoms with Crippen molar-refractivity contribution >= 4 is 5.91 Å². The van der Waals surface area contributed by atoms with Crippen molar-refractivity contribution in [3.63, 3.8) is 0 Å². The Labute approximate surface area is 111 Å². The van der Waals surface area contributed by atoms with E-state index >= 15 is 0 Å². The summed E-state index contributed by atoms with van der Waals surface area (Å²) >= 11 is 0. The van der Waals surface area contributed by atoms with Crippen molar-refractivity contribution in [3.8, 4) is 0 Å². The van der Waals surface area contributed by atoms with Crippen LogP contribution in [-0.4, -0.2) is 36.7 Å². The van der Waals surface area contributed by atoms with Crippen LogP contribution >= 0.6 is 0 Å². The molecule has 106 valence electrons. The second-order valence-electron chi connectivity index (χ2n) is 5.98. The van der Waals surface area contributed by atoms with Gasteiger partial charge in [0.2, 0.25) is 5.91 Å². The second-order valence-corrected chi connectivity index (χ2v) is 5.98. The number of carbonyl (C=O) groups excluding carboxylic acids is 1. The van der Waals surface area contributed by atoms with Crippen LogP contribution in [0.3, 0.4) is 0 Å². The molecule has 18 heavy (non-hydrogen) atoms. The van der Waals surface area contributed by atoms with Crippen LogP contribution in [0.5, 0.6) is 0 Å². The molecule has 2 N–H and O–H groups in total. The molecule has 4 heteroatoms. The Balaban J connectivity index is 2.31. The Morgan fingerprint density at radius 3 is 2.67 bits per heavy atom. The number of ether oxygens (including phenoxy) is 1. The van der Waals surface area contributed by atoms with Crippen molar-refractivity contribution < 1.29 is 9.53 Å². The summed E-state index contributed by atoms with van der Waals surface area (Å²) in [6, 6.07) is -0.149. The molecule has 3 atom stereocenters. The number of hydrogen-bond acceptors (Lipinski definition) is 3. The number of amides is 1. The molecule has 0 radical (unpaired) electrons. The maximum absolute atomic E-state index is 12.0. The summed E-state index contributed by atoms with van der Waals surface area (Å²) < 4.78 is 5.52. The summed E-state index contributed by atoms with van der Waals surface area (Å²) in [6.07, 6.45) is 2.32. The van der Waals surface area contributed by atoms with E-state index in [1.165, 1.54) is 0 Å². The summed E-state index contributed by atoms with van der Waals surface area (Å²) in [5.74, 6) is 0.604. The van der Waals surface area contributed by atoms with E-state index in [1.54, 1.807) is 0 Å². The molecule has 0 aromatic rings. The second kappa shape index (κ2) is 6.53. The summed E-state index contributed by atoms with van der Waals surface area (Å²) in [5.41, 5.74) is -0.128. The van der Waals surface area contributed by atoms with Crippen molar-refractivity contribution in [1.29, 1.82) is 0 Å². The molecule has 1 rings (SSSR count). The van der Waals surface area contributed by atoms with Gasteiger partial charge in [0.1, 0.15) is 0 Å². The van der Waals surface area contributed by atoms with Crippen LogP contribution in [0.1, 0.15) is 47.5 Å². The number of nitrogens with one attached hydrogen (secondary N) is 2. The largest absolute Gasteiger partial charge is 0.378 e. The molecule has 0 bridgehead atoms. The highest BCUT2D eigenvalue weighted by molar-refractivity contribution is 5.81. The van der Waals surface area contributed by atoms with Crippen molar-refractivity contribution in [1.82, 2.24) is 10.6 Å². The lowest BCUT2D eigenvalue weighted by Gasteiger charge is -2.27. The Hall–Kier alpha value is -0.610. The summed E-state index contributed by atoms with van der Waals surface area (Å²) in [6.45, 7) is 11.9. The predicted molar refractivity (Wildman–Crippen MR) is 73.5 cm³/mol. The van der Waals surface area contributed by atoms with Crippen molar-refractivity contribution in [2.45, 2.75) is 65.1 Å². The van der Waals surface area contributed by atoms with E-state index < -0.39 is 0 Å². The van der Waals surface area contributed by atoms with Gasteiger partial charge in [-0.15, -0.1) is 0 Å². The Morgan fingerprint density at radius 1 is 1.50 bits per heavy atom. The zero-order chi connectivity index (χ0) is 13.8. The van der Waals surface area contributed by atoms with Crippen molar-refractivity contribution in [2.24, 2.45) is 5.92 Å².